The lowest BCUT2D eigenvalue weighted by Gasteiger charge is -2.30. The van der Waals surface area contributed by atoms with Gasteiger partial charge in [-0.1, -0.05) is 6.07 Å². The number of hydrogen-bond donors (Lipinski definition) is 0. The predicted octanol–water partition coefficient (Wildman–Crippen LogP) is 3.31. The number of anilines is 2. The van der Waals surface area contributed by atoms with Gasteiger partial charge in [-0.2, -0.15) is 0 Å². The molecule has 0 radical (unpaired) electrons. The van der Waals surface area contributed by atoms with Gasteiger partial charge in [-0.15, -0.1) is 0 Å². The normalized spacial score (nSPS) is 17.4. The fourth-order valence-corrected chi connectivity index (χ4v) is 3.87. The first-order chi connectivity index (χ1) is 12.2. The Kier molecular flexibility index (Phi) is 4.38. The van der Waals surface area contributed by atoms with E-state index >= 15 is 0 Å². The summed E-state index contributed by atoms with van der Waals surface area (Å²) in [5.74, 6) is 0.934. The number of pyridine rings is 1. The minimum Gasteiger partial charge on any atom is -0.337 e. The summed E-state index contributed by atoms with van der Waals surface area (Å²) in [6, 6.07) is 10.6. The minimum atomic E-state index is 0.0532. The number of aromatic nitrogens is 1. The molecular weight excluding hydrogens is 310 g/mol. The highest BCUT2D eigenvalue weighted by molar-refractivity contribution is 5.64. The van der Waals surface area contributed by atoms with Crippen LogP contribution in [0, 0.1) is 5.92 Å². The number of hydrogen-bond acceptors (Lipinski definition) is 3. The zero-order chi connectivity index (χ0) is 17.4. The molecule has 0 bridgehead atoms. The van der Waals surface area contributed by atoms with Crippen LogP contribution < -0.4 is 10.5 Å². The molecule has 1 fully saturated rings. The summed E-state index contributed by atoms with van der Waals surface area (Å²) in [7, 11) is 1.81. The maximum Gasteiger partial charge on any atom is 0.274 e. The largest absolute Gasteiger partial charge is 0.337 e. The highest BCUT2D eigenvalue weighted by Gasteiger charge is 2.26. The number of benzene rings is 1. The second-order valence-electron chi connectivity index (χ2n) is 7.44. The van der Waals surface area contributed by atoms with E-state index in [1.807, 2.05) is 25.4 Å². The molecule has 0 unspecified atom stereocenters. The van der Waals surface area contributed by atoms with Crippen LogP contribution in [0.2, 0.25) is 0 Å². The van der Waals surface area contributed by atoms with Gasteiger partial charge in [0.2, 0.25) is 0 Å². The number of fused-ring (bicyclic) bond motifs is 1. The third kappa shape index (κ3) is 3.36. The molecule has 0 amide bonds. The maximum atomic E-state index is 12.5. The van der Waals surface area contributed by atoms with Gasteiger partial charge >= 0.3 is 0 Å². The van der Waals surface area contributed by atoms with Crippen LogP contribution >= 0.6 is 0 Å². The SMILES string of the molecule is CCN(c1ccc2c(c1)CN(CC1CC1)CC2)c1cccn(C)c1=O. The molecule has 0 saturated heterocycles. The molecule has 0 atom stereocenters. The highest BCUT2D eigenvalue weighted by Crippen LogP contribution is 2.33. The van der Waals surface area contributed by atoms with Crippen molar-refractivity contribution >= 4 is 11.4 Å². The Bertz CT molecular complexity index is 822. The smallest absolute Gasteiger partial charge is 0.274 e. The third-order valence-electron chi connectivity index (χ3n) is 5.52. The molecule has 1 saturated carbocycles. The van der Waals surface area contributed by atoms with E-state index in [2.05, 4.69) is 34.9 Å². The topological polar surface area (TPSA) is 28.5 Å². The molecule has 1 aromatic carbocycles. The van der Waals surface area contributed by atoms with Gasteiger partial charge in [0.25, 0.3) is 5.56 Å². The quantitative estimate of drug-likeness (QED) is 0.838. The summed E-state index contributed by atoms with van der Waals surface area (Å²) in [5.41, 5.74) is 4.82. The van der Waals surface area contributed by atoms with Crippen LogP contribution in [0.15, 0.2) is 41.3 Å². The Morgan fingerprint density at radius 2 is 2.04 bits per heavy atom. The fraction of sp³-hybridized carbons (Fsp3) is 0.476. The van der Waals surface area contributed by atoms with Gasteiger partial charge in [0, 0.05) is 45.1 Å². The summed E-state index contributed by atoms with van der Waals surface area (Å²) in [5, 5.41) is 0. The zero-order valence-corrected chi connectivity index (χ0v) is 15.2. The van der Waals surface area contributed by atoms with E-state index in [4.69, 9.17) is 0 Å². The van der Waals surface area contributed by atoms with Crippen molar-refractivity contribution in [1.29, 1.82) is 0 Å². The lowest BCUT2D eigenvalue weighted by atomic mass is 9.98. The van der Waals surface area contributed by atoms with E-state index < -0.39 is 0 Å². The van der Waals surface area contributed by atoms with Crippen molar-refractivity contribution < 1.29 is 0 Å². The van der Waals surface area contributed by atoms with Gasteiger partial charge in [0.1, 0.15) is 5.69 Å². The van der Waals surface area contributed by atoms with Crippen LogP contribution in [0.1, 0.15) is 30.9 Å². The second-order valence-corrected chi connectivity index (χ2v) is 7.44. The fourth-order valence-electron chi connectivity index (χ4n) is 3.87. The molecule has 2 heterocycles. The summed E-state index contributed by atoms with van der Waals surface area (Å²) >= 11 is 0. The van der Waals surface area contributed by atoms with Crippen LogP contribution in [0.3, 0.4) is 0 Å². The minimum absolute atomic E-state index is 0.0532. The van der Waals surface area contributed by atoms with E-state index in [0.717, 1.165) is 36.8 Å². The van der Waals surface area contributed by atoms with Gasteiger partial charge in [0.15, 0.2) is 0 Å². The highest BCUT2D eigenvalue weighted by atomic mass is 16.1. The van der Waals surface area contributed by atoms with E-state index in [-0.39, 0.29) is 5.56 Å². The number of rotatable bonds is 5. The van der Waals surface area contributed by atoms with E-state index in [1.54, 1.807) is 4.57 Å². The van der Waals surface area contributed by atoms with E-state index in [0.29, 0.717) is 0 Å². The lowest BCUT2D eigenvalue weighted by molar-refractivity contribution is 0.244. The van der Waals surface area contributed by atoms with Crippen molar-refractivity contribution in [3.63, 3.8) is 0 Å². The Morgan fingerprint density at radius 1 is 1.20 bits per heavy atom. The molecule has 1 aliphatic heterocycles. The average Bonchev–Trinajstić information content (AvgIpc) is 3.43. The van der Waals surface area contributed by atoms with E-state index in [1.165, 1.54) is 37.1 Å². The first-order valence-electron chi connectivity index (χ1n) is 9.43. The molecule has 1 aromatic heterocycles. The monoisotopic (exact) mass is 337 g/mol. The lowest BCUT2D eigenvalue weighted by Crippen LogP contribution is -2.32. The molecule has 1 aliphatic carbocycles. The molecule has 4 rings (SSSR count). The van der Waals surface area contributed by atoms with Crippen LogP contribution in [-0.2, 0) is 20.0 Å². The molecule has 4 heteroatoms. The van der Waals surface area contributed by atoms with Gasteiger partial charge in [-0.05, 0) is 67.5 Å². The second kappa shape index (κ2) is 6.68. The van der Waals surface area contributed by atoms with Crippen LogP contribution in [0.5, 0.6) is 0 Å². The van der Waals surface area contributed by atoms with Gasteiger partial charge in [-0.25, -0.2) is 0 Å². The third-order valence-corrected chi connectivity index (χ3v) is 5.52. The summed E-state index contributed by atoms with van der Waals surface area (Å²) in [6.45, 7) is 6.36. The first-order valence-corrected chi connectivity index (χ1v) is 9.43. The van der Waals surface area contributed by atoms with E-state index in [9.17, 15) is 4.79 Å². The average molecular weight is 337 g/mol. The Labute approximate surface area is 149 Å². The van der Waals surface area contributed by atoms with Crippen LogP contribution in [0.25, 0.3) is 0 Å². The van der Waals surface area contributed by atoms with Crippen LogP contribution in [0.4, 0.5) is 11.4 Å². The molecule has 132 valence electrons. The van der Waals surface area contributed by atoms with Crippen molar-refractivity contribution in [2.75, 3.05) is 24.5 Å². The molecule has 0 spiro atoms. The summed E-state index contributed by atoms with van der Waals surface area (Å²) in [4.78, 5) is 17.3. The van der Waals surface area contributed by atoms with Crippen molar-refractivity contribution in [3.05, 3.63) is 58.0 Å². The molecular formula is C21H27N3O. The number of aryl methyl sites for hydroxylation is 1. The Hall–Kier alpha value is -2.07. The number of nitrogens with zero attached hydrogens (tertiary/aromatic N) is 3. The molecule has 0 N–H and O–H groups in total. The Balaban J connectivity index is 1.63. The predicted molar refractivity (Wildman–Crippen MR) is 103 cm³/mol. The van der Waals surface area contributed by atoms with Gasteiger partial charge in [-0.3, -0.25) is 9.69 Å². The standard InChI is InChI=1S/C21H27N3O/c1-3-24(20-5-4-11-22(2)21(20)25)19-9-8-17-10-12-23(14-16-6-7-16)15-18(17)13-19/h4-5,8-9,11,13,16H,3,6-7,10,12,14-15H2,1-2H3. The first kappa shape index (κ1) is 16.4. The molecule has 25 heavy (non-hydrogen) atoms. The zero-order valence-electron chi connectivity index (χ0n) is 15.2. The van der Waals surface area contributed by atoms with Crippen molar-refractivity contribution in [2.24, 2.45) is 13.0 Å². The summed E-state index contributed by atoms with van der Waals surface area (Å²) < 4.78 is 1.65. The van der Waals surface area contributed by atoms with Crippen molar-refractivity contribution in [3.8, 4) is 0 Å². The Morgan fingerprint density at radius 3 is 2.80 bits per heavy atom. The van der Waals surface area contributed by atoms with Crippen molar-refractivity contribution in [2.45, 2.75) is 32.7 Å². The maximum absolute atomic E-state index is 12.5. The molecule has 2 aromatic rings. The molecule has 4 nitrogen and oxygen atoms in total. The van der Waals surface area contributed by atoms with Gasteiger partial charge < -0.3 is 9.47 Å². The van der Waals surface area contributed by atoms with Gasteiger partial charge in [0.05, 0.1) is 0 Å². The van der Waals surface area contributed by atoms with Crippen LogP contribution in [-0.4, -0.2) is 29.1 Å². The van der Waals surface area contributed by atoms with Crippen molar-refractivity contribution in [1.82, 2.24) is 9.47 Å². The molecule has 2 aliphatic rings. The summed E-state index contributed by atoms with van der Waals surface area (Å²) in [6.07, 6.45) is 5.76.